The summed E-state index contributed by atoms with van der Waals surface area (Å²) in [6.07, 6.45) is -0.163. The summed E-state index contributed by atoms with van der Waals surface area (Å²) >= 11 is 0. The van der Waals surface area contributed by atoms with Gasteiger partial charge in [0.05, 0.1) is 23.5 Å². The van der Waals surface area contributed by atoms with Gasteiger partial charge in [0, 0.05) is 11.5 Å². The fourth-order valence-electron chi connectivity index (χ4n) is 2.88. The number of carboxylic acids is 1. The normalized spacial score (nSPS) is 11.3. The molecule has 3 aromatic rings. The zero-order chi connectivity index (χ0) is 22.8. The molecule has 0 radical (unpaired) electrons. The highest BCUT2D eigenvalue weighted by Crippen LogP contribution is 2.27. The molecule has 2 aromatic carbocycles. The molecule has 0 unspecified atom stereocenters. The first-order valence-electron chi connectivity index (χ1n) is 9.48. The van der Waals surface area contributed by atoms with E-state index in [1.807, 2.05) is 20.8 Å². The van der Waals surface area contributed by atoms with Gasteiger partial charge in [0.2, 0.25) is 0 Å². The van der Waals surface area contributed by atoms with Crippen LogP contribution in [0.25, 0.3) is 5.69 Å². The van der Waals surface area contributed by atoms with Crippen LogP contribution in [0.3, 0.4) is 0 Å². The van der Waals surface area contributed by atoms with Crippen LogP contribution < -0.4 is 10.6 Å². The molecular weight excluding hydrogens is 406 g/mol. The molecule has 0 spiro atoms. The van der Waals surface area contributed by atoms with Crippen LogP contribution in [0.4, 0.5) is 25.1 Å². The summed E-state index contributed by atoms with van der Waals surface area (Å²) in [7, 11) is 0. The van der Waals surface area contributed by atoms with Crippen molar-refractivity contribution in [1.82, 2.24) is 9.78 Å². The van der Waals surface area contributed by atoms with Crippen molar-refractivity contribution < 1.29 is 23.5 Å². The van der Waals surface area contributed by atoms with Gasteiger partial charge in [0.1, 0.15) is 5.82 Å². The van der Waals surface area contributed by atoms with Crippen LogP contribution in [-0.4, -0.2) is 26.9 Å². The molecule has 2 amide bonds. The number of hydrogen-bond donors (Lipinski definition) is 3. The van der Waals surface area contributed by atoms with E-state index >= 15 is 0 Å². The standard InChI is InChI=1S/C22H22F2N4O3/c1-22(2,3)17-12-18(26-21(31)25-16-9-5-8-15(23)20(16)24)28(27-17)14-7-4-6-13(10-14)11-19(29)30/h4-10,12H,11H2,1-3H3,(H,29,30)(H2,25,26,31). The van der Waals surface area contributed by atoms with Crippen LogP contribution in [0, 0.1) is 11.6 Å². The van der Waals surface area contributed by atoms with Crippen molar-refractivity contribution in [3.05, 3.63) is 71.4 Å². The van der Waals surface area contributed by atoms with Gasteiger partial charge in [-0.15, -0.1) is 0 Å². The molecule has 0 atom stereocenters. The zero-order valence-electron chi connectivity index (χ0n) is 17.2. The number of halogens is 2. The molecule has 31 heavy (non-hydrogen) atoms. The topological polar surface area (TPSA) is 96.2 Å². The maximum Gasteiger partial charge on any atom is 0.324 e. The molecule has 0 aliphatic heterocycles. The molecular formula is C22H22F2N4O3. The largest absolute Gasteiger partial charge is 0.481 e. The number of amides is 2. The fraction of sp³-hybridized carbons (Fsp3) is 0.227. The Kier molecular flexibility index (Phi) is 6.05. The quantitative estimate of drug-likeness (QED) is 0.548. The Balaban J connectivity index is 1.94. The van der Waals surface area contributed by atoms with E-state index in [1.165, 1.54) is 16.8 Å². The van der Waals surface area contributed by atoms with E-state index in [0.717, 1.165) is 6.07 Å². The predicted molar refractivity (Wildman–Crippen MR) is 113 cm³/mol. The lowest BCUT2D eigenvalue weighted by atomic mass is 9.92. The Labute approximate surface area is 177 Å². The summed E-state index contributed by atoms with van der Waals surface area (Å²) in [5.74, 6) is -2.93. The van der Waals surface area contributed by atoms with E-state index in [-0.39, 0.29) is 23.3 Å². The van der Waals surface area contributed by atoms with Crippen LogP contribution in [-0.2, 0) is 16.6 Å². The molecule has 0 bridgehead atoms. The minimum Gasteiger partial charge on any atom is -0.481 e. The Bertz CT molecular complexity index is 1140. The van der Waals surface area contributed by atoms with E-state index in [1.54, 1.807) is 30.3 Å². The van der Waals surface area contributed by atoms with Crippen LogP contribution in [0.2, 0.25) is 0 Å². The second-order valence-corrected chi connectivity index (χ2v) is 8.00. The monoisotopic (exact) mass is 428 g/mol. The molecule has 162 valence electrons. The highest BCUT2D eigenvalue weighted by Gasteiger charge is 2.22. The number of urea groups is 1. The Morgan fingerprint density at radius 2 is 1.77 bits per heavy atom. The van der Waals surface area contributed by atoms with Crippen molar-refractivity contribution in [1.29, 1.82) is 0 Å². The van der Waals surface area contributed by atoms with Gasteiger partial charge in [-0.2, -0.15) is 5.10 Å². The number of rotatable bonds is 5. The highest BCUT2D eigenvalue weighted by atomic mass is 19.2. The highest BCUT2D eigenvalue weighted by molar-refractivity contribution is 5.99. The molecule has 0 aliphatic rings. The van der Waals surface area contributed by atoms with Gasteiger partial charge >= 0.3 is 12.0 Å². The minimum absolute atomic E-state index is 0.163. The first-order valence-corrected chi connectivity index (χ1v) is 9.48. The molecule has 3 N–H and O–H groups in total. The number of benzene rings is 2. The maximum absolute atomic E-state index is 13.9. The lowest BCUT2D eigenvalue weighted by Gasteiger charge is -2.14. The average molecular weight is 428 g/mol. The third-order valence-corrected chi connectivity index (χ3v) is 4.43. The molecule has 0 saturated carbocycles. The predicted octanol–water partition coefficient (Wildman–Crippen LogP) is 4.72. The molecule has 0 fully saturated rings. The zero-order valence-corrected chi connectivity index (χ0v) is 17.2. The minimum atomic E-state index is -1.16. The maximum atomic E-state index is 13.9. The van der Waals surface area contributed by atoms with Gasteiger partial charge in [-0.05, 0) is 29.8 Å². The number of aliphatic carboxylic acids is 1. The molecule has 9 heteroatoms. The Hall–Kier alpha value is -3.75. The third-order valence-electron chi connectivity index (χ3n) is 4.43. The van der Waals surface area contributed by atoms with Crippen molar-refractivity contribution in [3.63, 3.8) is 0 Å². The van der Waals surface area contributed by atoms with Gasteiger partial charge in [-0.1, -0.05) is 39.0 Å². The number of nitrogens with zero attached hydrogens (tertiary/aromatic N) is 2. The summed E-state index contributed by atoms with van der Waals surface area (Å²) in [6.45, 7) is 5.85. The van der Waals surface area contributed by atoms with Crippen LogP contribution >= 0.6 is 0 Å². The van der Waals surface area contributed by atoms with E-state index in [9.17, 15) is 18.4 Å². The summed E-state index contributed by atoms with van der Waals surface area (Å²) in [4.78, 5) is 23.5. The molecule has 3 rings (SSSR count). The van der Waals surface area contributed by atoms with E-state index < -0.39 is 23.6 Å². The van der Waals surface area contributed by atoms with Crippen molar-refractivity contribution in [2.75, 3.05) is 10.6 Å². The van der Waals surface area contributed by atoms with Gasteiger partial charge in [-0.3, -0.25) is 10.1 Å². The van der Waals surface area contributed by atoms with Crippen LogP contribution in [0.5, 0.6) is 0 Å². The lowest BCUT2D eigenvalue weighted by molar-refractivity contribution is -0.136. The molecule has 0 saturated heterocycles. The summed E-state index contributed by atoms with van der Waals surface area (Å²) in [5, 5.41) is 18.5. The molecule has 7 nitrogen and oxygen atoms in total. The molecule has 0 aliphatic carbocycles. The summed E-state index contributed by atoms with van der Waals surface area (Å²) in [5.41, 5.74) is 1.13. The smallest absolute Gasteiger partial charge is 0.324 e. The van der Waals surface area contributed by atoms with Gasteiger partial charge in [-0.25, -0.2) is 18.3 Å². The molecule has 1 heterocycles. The lowest BCUT2D eigenvalue weighted by Crippen LogP contribution is -2.22. The Morgan fingerprint density at radius 1 is 1.06 bits per heavy atom. The second-order valence-electron chi connectivity index (χ2n) is 8.00. The van der Waals surface area contributed by atoms with Crippen molar-refractivity contribution in [2.45, 2.75) is 32.6 Å². The number of aromatic nitrogens is 2. The van der Waals surface area contributed by atoms with E-state index in [0.29, 0.717) is 16.9 Å². The summed E-state index contributed by atoms with van der Waals surface area (Å²) in [6, 6.07) is 11.1. The number of carbonyl (C=O) groups excluding carboxylic acids is 1. The van der Waals surface area contributed by atoms with E-state index in [2.05, 4.69) is 15.7 Å². The van der Waals surface area contributed by atoms with Crippen molar-refractivity contribution in [2.24, 2.45) is 0 Å². The van der Waals surface area contributed by atoms with Crippen LogP contribution in [0.1, 0.15) is 32.0 Å². The number of carboxylic acid groups (broad SMARTS) is 1. The molecule has 1 aromatic heterocycles. The van der Waals surface area contributed by atoms with Gasteiger partial charge < -0.3 is 10.4 Å². The SMILES string of the molecule is CC(C)(C)c1cc(NC(=O)Nc2cccc(F)c2F)n(-c2cccc(CC(=O)O)c2)n1. The first kappa shape index (κ1) is 21.9. The third kappa shape index (κ3) is 5.25. The number of anilines is 2. The second kappa shape index (κ2) is 8.55. The Morgan fingerprint density at radius 3 is 2.45 bits per heavy atom. The summed E-state index contributed by atoms with van der Waals surface area (Å²) < 4.78 is 28.7. The van der Waals surface area contributed by atoms with E-state index in [4.69, 9.17) is 5.11 Å². The van der Waals surface area contributed by atoms with Crippen LogP contribution in [0.15, 0.2) is 48.5 Å². The number of nitrogens with one attached hydrogen (secondary N) is 2. The number of carbonyl (C=O) groups is 2. The number of hydrogen-bond acceptors (Lipinski definition) is 3. The van der Waals surface area contributed by atoms with Gasteiger partial charge in [0.15, 0.2) is 11.6 Å². The van der Waals surface area contributed by atoms with Crippen molar-refractivity contribution in [3.8, 4) is 5.69 Å². The van der Waals surface area contributed by atoms with Gasteiger partial charge in [0.25, 0.3) is 0 Å². The first-order chi connectivity index (χ1) is 14.5. The average Bonchev–Trinajstić information content (AvgIpc) is 3.09. The van der Waals surface area contributed by atoms with Crippen molar-refractivity contribution >= 4 is 23.5 Å². The fourth-order valence-corrected chi connectivity index (χ4v) is 2.88.